The zero-order chi connectivity index (χ0) is 14.8. The van der Waals surface area contributed by atoms with Crippen molar-refractivity contribution in [3.05, 3.63) is 51.8 Å². The van der Waals surface area contributed by atoms with Crippen LogP contribution in [0.1, 0.15) is 53.3 Å². The molecular formula is C17H19BrN2O. The first-order valence-corrected chi connectivity index (χ1v) is 8.26. The van der Waals surface area contributed by atoms with Crippen molar-refractivity contribution in [1.82, 2.24) is 9.78 Å². The van der Waals surface area contributed by atoms with Crippen LogP contribution in [0.2, 0.25) is 0 Å². The molecule has 1 aromatic heterocycles. The van der Waals surface area contributed by atoms with Gasteiger partial charge in [-0.05, 0) is 43.5 Å². The van der Waals surface area contributed by atoms with Crippen LogP contribution in [0.5, 0.6) is 0 Å². The highest BCUT2D eigenvalue weighted by Gasteiger charge is 2.18. The van der Waals surface area contributed by atoms with Gasteiger partial charge in [-0.15, -0.1) is 0 Å². The molecule has 0 atom stereocenters. The molecule has 1 heterocycles. The quantitative estimate of drug-likeness (QED) is 0.764. The first kappa shape index (κ1) is 14.5. The van der Waals surface area contributed by atoms with Gasteiger partial charge in [-0.1, -0.05) is 34.8 Å². The van der Waals surface area contributed by atoms with Gasteiger partial charge in [0, 0.05) is 16.2 Å². The average molecular weight is 347 g/mol. The first-order chi connectivity index (χ1) is 10.1. The molecule has 0 unspecified atom stereocenters. The summed E-state index contributed by atoms with van der Waals surface area (Å²) in [6.45, 7) is 1.97. The maximum atomic E-state index is 12.4. The van der Waals surface area contributed by atoms with Crippen molar-refractivity contribution in [3.63, 3.8) is 0 Å². The molecule has 0 saturated heterocycles. The van der Waals surface area contributed by atoms with Gasteiger partial charge in [-0.25, -0.2) is 0 Å². The minimum atomic E-state index is 0.130. The highest BCUT2D eigenvalue weighted by atomic mass is 79.9. The summed E-state index contributed by atoms with van der Waals surface area (Å²) in [5.41, 5.74) is 2.66. The van der Waals surface area contributed by atoms with Gasteiger partial charge in [0.25, 0.3) is 0 Å². The van der Waals surface area contributed by atoms with Crippen molar-refractivity contribution >= 4 is 21.7 Å². The second-order valence-electron chi connectivity index (χ2n) is 5.78. The number of hydrogen-bond donors (Lipinski definition) is 0. The smallest absolute Gasteiger partial charge is 0.169 e. The van der Waals surface area contributed by atoms with Crippen molar-refractivity contribution in [3.8, 4) is 0 Å². The van der Waals surface area contributed by atoms with Crippen LogP contribution in [0.3, 0.4) is 0 Å². The minimum absolute atomic E-state index is 0.130. The molecule has 21 heavy (non-hydrogen) atoms. The van der Waals surface area contributed by atoms with E-state index in [0.29, 0.717) is 12.5 Å². The number of rotatable bonds is 4. The van der Waals surface area contributed by atoms with Gasteiger partial charge >= 0.3 is 0 Å². The Morgan fingerprint density at radius 1 is 1.33 bits per heavy atom. The fourth-order valence-electron chi connectivity index (χ4n) is 3.00. The molecule has 4 heteroatoms. The van der Waals surface area contributed by atoms with Gasteiger partial charge in [0.15, 0.2) is 5.78 Å². The van der Waals surface area contributed by atoms with E-state index in [-0.39, 0.29) is 5.78 Å². The van der Waals surface area contributed by atoms with Crippen molar-refractivity contribution in [2.75, 3.05) is 0 Å². The van der Waals surface area contributed by atoms with E-state index in [1.165, 1.54) is 25.7 Å². The second kappa shape index (κ2) is 6.14. The van der Waals surface area contributed by atoms with Crippen molar-refractivity contribution in [2.24, 2.45) is 0 Å². The van der Waals surface area contributed by atoms with Gasteiger partial charge in [0.1, 0.15) is 0 Å². The standard InChI is InChI=1S/C17H19BrN2O/c1-12-6-7-13(18)10-16(12)17(21)11-14-8-9-20(19-14)15-4-2-3-5-15/h6-10,15H,2-5,11H2,1H3. The predicted octanol–water partition coefficient (Wildman–Crippen LogP) is 4.49. The Bertz CT molecular complexity index is 657. The summed E-state index contributed by atoms with van der Waals surface area (Å²) in [6, 6.07) is 8.33. The number of nitrogens with zero attached hydrogens (tertiary/aromatic N) is 2. The molecule has 0 radical (unpaired) electrons. The highest BCUT2D eigenvalue weighted by Crippen LogP contribution is 2.28. The zero-order valence-corrected chi connectivity index (χ0v) is 13.8. The van der Waals surface area contributed by atoms with Crippen LogP contribution in [0, 0.1) is 6.92 Å². The lowest BCUT2D eigenvalue weighted by atomic mass is 10.0. The van der Waals surface area contributed by atoms with Crippen LogP contribution in [-0.4, -0.2) is 15.6 Å². The Labute approximate surface area is 133 Å². The molecule has 1 aromatic carbocycles. The summed E-state index contributed by atoms with van der Waals surface area (Å²) in [6.07, 6.45) is 7.38. The van der Waals surface area contributed by atoms with Crippen LogP contribution < -0.4 is 0 Å². The van der Waals surface area contributed by atoms with Gasteiger partial charge in [-0.3, -0.25) is 9.48 Å². The third kappa shape index (κ3) is 3.26. The second-order valence-corrected chi connectivity index (χ2v) is 6.70. The summed E-state index contributed by atoms with van der Waals surface area (Å²) in [5.74, 6) is 0.130. The molecule has 1 aliphatic carbocycles. The number of Topliss-reactive ketones (excluding diaryl/α,β-unsaturated/α-hetero) is 1. The van der Waals surface area contributed by atoms with Gasteiger partial charge in [-0.2, -0.15) is 5.10 Å². The molecule has 1 saturated carbocycles. The van der Waals surface area contributed by atoms with E-state index in [4.69, 9.17) is 0 Å². The Morgan fingerprint density at radius 3 is 2.86 bits per heavy atom. The van der Waals surface area contributed by atoms with Crippen molar-refractivity contribution < 1.29 is 4.79 Å². The summed E-state index contributed by atoms with van der Waals surface area (Å²) in [5, 5.41) is 4.59. The van der Waals surface area contributed by atoms with E-state index in [1.54, 1.807) is 0 Å². The van der Waals surface area contributed by atoms with Gasteiger partial charge < -0.3 is 0 Å². The van der Waals surface area contributed by atoms with E-state index in [1.807, 2.05) is 42.1 Å². The third-order valence-corrected chi connectivity index (χ3v) is 4.70. The fourth-order valence-corrected chi connectivity index (χ4v) is 3.36. The topological polar surface area (TPSA) is 34.9 Å². The van der Waals surface area contributed by atoms with Gasteiger partial charge in [0.2, 0.25) is 0 Å². The Morgan fingerprint density at radius 2 is 2.10 bits per heavy atom. The monoisotopic (exact) mass is 346 g/mol. The lowest BCUT2D eigenvalue weighted by molar-refractivity contribution is 0.0991. The summed E-state index contributed by atoms with van der Waals surface area (Å²) in [4.78, 5) is 12.4. The number of aromatic nitrogens is 2. The summed E-state index contributed by atoms with van der Waals surface area (Å²) in [7, 11) is 0. The van der Waals surface area contributed by atoms with E-state index in [2.05, 4.69) is 21.0 Å². The van der Waals surface area contributed by atoms with Crippen molar-refractivity contribution in [2.45, 2.75) is 45.1 Å². The molecule has 0 aliphatic heterocycles. The number of carbonyl (C=O) groups is 1. The number of carbonyl (C=O) groups excluding carboxylic acids is 1. The minimum Gasteiger partial charge on any atom is -0.294 e. The molecule has 1 aliphatic rings. The molecule has 110 valence electrons. The average Bonchev–Trinajstić information content (AvgIpc) is 3.11. The Kier molecular flexibility index (Phi) is 4.24. The molecule has 0 bridgehead atoms. The first-order valence-electron chi connectivity index (χ1n) is 7.47. The van der Waals surface area contributed by atoms with Gasteiger partial charge in [0.05, 0.1) is 18.2 Å². The number of hydrogen-bond acceptors (Lipinski definition) is 2. The van der Waals surface area contributed by atoms with Crippen LogP contribution in [0.15, 0.2) is 34.9 Å². The normalized spacial score (nSPS) is 15.5. The fraction of sp³-hybridized carbons (Fsp3) is 0.412. The Balaban J connectivity index is 1.74. The SMILES string of the molecule is Cc1ccc(Br)cc1C(=O)Cc1ccn(C2CCCC2)n1. The number of ketones is 1. The van der Waals surface area contributed by atoms with Crippen LogP contribution >= 0.6 is 15.9 Å². The Hall–Kier alpha value is -1.42. The third-order valence-electron chi connectivity index (χ3n) is 4.20. The summed E-state index contributed by atoms with van der Waals surface area (Å²) >= 11 is 3.43. The molecule has 0 spiro atoms. The van der Waals surface area contributed by atoms with Crippen molar-refractivity contribution in [1.29, 1.82) is 0 Å². The number of benzene rings is 1. The molecule has 1 fully saturated rings. The largest absolute Gasteiger partial charge is 0.294 e. The number of halogens is 1. The molecule has 0 amide bonds. The van der Waals surface area contributed by atoms with E-state index >= 15 is 0 Å². The molecular weight excluding hydrogens is 328 g/mol. The van der Waals surface area contributed by atoms with Crippen LogP contribution in [0.4, 0.5) is 0 Å². The summed E-state index contributed by atoms with van der Waals surface area (Å²) < 4.78 is 2.98. The molecule has 3 nitrogen and oxygen atoms in total. The predicted molar refractivity (Wildman–Crippen MR) is 86.6 cm³/mol. The molecule has 3 rings (SSSR count). The highest BCUT2D eigenvalue weighted by molar-refractivity contribution is 9.10. The lowest BCUT2D eigenvalue weighted by Gasteiger charge is -2.09. The zero-order valence-electron chi connectivity index (χ0n) is 12.2. The lowest BCUT2D eigenvalue weighted by Crippen LogP contribution is -2.09. The van der Waals surface area contributed by atoms with E-state index in [9.17, 15) is 4.79 Å². The number of aryl methyl sites for hydroxylation is 1. The van der Waals surface area contributed by atoms with E-state index < -0.39 is 0 Å². The molecule has 2 aromatic rings. The van der Waals surface area contributed by atoms with Crippen LogP contribution in [-0.2, 0) is 6.42 Å². The van der Waals surface area contributed by atoms with Crippen LogP contribution in [0.25, 0.3) is 0 Å². The molecule has 0 N–H and O–H groups in total. The maximum absolute atomic E-state index is 12.4. The maximum Gasteiger partial charge on any atom is 0.169 e. The van der Waals surface area contributed by atoms with E-state index in [0.717, 1.165) is 21.3 Å².